The Balaban J connectivity index is 1.47. The number of aryl methyl sites for hydroxylation is 2. The lowest BCUT2D eigenvalue weighted by molar-refractivity contribution is -0.123. The lowest BCUT2D eigenvalue weighted by Gasteiger charge is -2.06. The van der Waals surface area contributed by atoms with Gasteiger partial charge in [-0.2, -0.15) is 0 Å². The average molecular weight is 479 g/mol. The van der Waals surface area contributed by atoms with E-state index in [-0.39, 0.29) is 11.8 Å². The minimum absolute atomic E-state index is 0.108. The van der Waals surface area contributed by atoms with E-state index in [1.54, 1.807) is 0 Å². The van der Waals surface area contributed by atoms with Crippen molar-refractivity contribution in [1.82, 2.24) is 30.0 Å². The van der Waals surface area contributed by atoms with Gasteiger partial charge in [-0.25, -0.2) is 0 Å². The molecule has 2 aromatic heterocycles. The molecule has 0 N–H and O–H groups in total. The van der Waals surface area contributed by atoms with Gasteiger partial charge >= 0.3 is 0 Å². The second kappa shape index (κ2) is 13.1. The van der Waals surface area contributed by atoms with Gasteiger partial charge in [0.05, 0.1) is 12.4 Å². The molecule has 35 heavy (non-hydrogen) atoms. The predicted octanol–water partition coefficient (Wildman–Crippen LogP) is 5.38. The zero-order valence-electron chi connectivity index (χ0n) is 21.5. The van der Waals surface area contributed by atoms with Crippen LogP contribution in [0, 0.1) is 11.8 Å². The van der Waals surface area contributed by atoms with Crippen LogP contribution in [0.25, 0.3) is 22.5 Å². The minimum Gasteiger partial charge on any atom is -0.299 e. The van der Waals surface area contributed by atoms with E-state index in [4.69, 9.17) is 0 Å². The van der Waals surface area contributed by atoms with E-state index in [0.29, 0.717) is 24.4 Å². The van der Waals surface area contributed by atoms with Crippen LogP contribution < -0.4 is 0 Å². The van der Waals surface area contributed by atoms with Crippen LogP contribution in [0.4, 0.5) is 0 Å². The highest BCUT2D eigenvalue weighted by Crippen LogP contribution is 2.22. The Morgan fingerprint density at radius 1 is 0.743 bits per heavy atom. The van der Waals surface area contributed by atoms with E-state index >= 15 is 0 Å². The first-order chi connectivity index (χ1) is 16.9. The van der Waals surface area contributed by atoms with Gasteiger partial charge in [0, 0.05) is 48.9 Å². The number of aromatic nitrogens is 6. The molecule has 8 heteroatoms. The normalized spacial score (nSPS) is 12.3. The molecule has 1 atom stereocenters. The Bertz CT molecular complexity index is 1080. The molecule has 0 radical (unpaired) electrons. The number of rotatable bonds is 15. The Labute approximate surface area is 208 Å². The summed E-state index contributed by atoms with van der Waals surface area (Å²) in [6, 6.07) is 8.07. The fourth-order valence-corrected chi connectivity index (χ4v) is 3.80. The van der Waals surface area contributed by atoms with Crippen LogP contribution in [0.5, 0.6) is 0 Å². The van der Waals surface area contributed by atoms with Gasteiger partial charge in [-0.15, -0.1) is 10.2 Å². The molecule has 3 aromatic rings. The summed E-state index contributed by atoms with van der Waals surface area (Å²) >= 11 is 0. The fraction of sp³-hybridized carbons (Fsp3) is 0.556. The maximum atomic E-state index is 12.0. The van der Waals surface area contributed by atoms with Crippen molar-refractivity contribution in [2.24, 2.45) is 11.8 Å². The number of Topliss-reactive ketones (excluding diaryl/α,β-unsaturated/α-hetero) is 2. The van der Waals surface area contributed by atoms with Crippen molar-refractivity contribution in [3.05, 3.63) is 36.7 Å². The Morgan fingerprint density at radius 2 is 1.20 bits per heavy atom. The number of hydrogen-bond acceptors (Lipinski definition) is 6. The van der Waals surface area contributed by atoms with E-state index in [2.05, 4.69) is 27.5 Å². The van der Waals surface area contributed by atoms with Crippen molar-refractivity contribution in [1.29, 1.82) is 0 Å². The molecule has 8 nitrogen and oxygen atoms in total. The summed E-state index contributed by atoms with van der Waals surface area (Å²) in [6.07, 6.45) is 9.64. The SMILES string of the molecule is CCC(C)C(=O)CCCCn1cc(-c2ccc(-c3cn(CCCCC(=O)C(C)C)nn3)cc2)nn1. The third kappa shape index (κ3) is 7.94. The summed E-state index contributed by atoms with van der Waals surface area (Å²) < 4.78 is 3.68. The maximum absolute atomic E-state index is 12.0. The van der Waals surface area contributed by atoms with Crippen LogP contribution in [0.15, 0.2) is 36.7 Å². The molecule has 1 aromatic carbocycles. The quantitative estimate of drug-likeness (QED) is 0.272. The lowest BCUT2D eigenvalue weighted by atomic mass is 9.99. The Kier molecular flexibility index (Phi) is 9.87. The van der Waals surface area contributed by atoms with E-state index in [1.807, 2.05) is 66.8 Å². The largest absolute Gasteiger partial charge is 0.299 e. The monoisotopic (exact) mass is 478 g/mol. The van der Waals surface area contributed by atoms with Crippen LogP contribution in [-0.4, -0.2) is 41.6 Å². The summed E-state index contributed by atoms with van der Waals surface area (Å²) in [7, 11) is 0. The Hall–Kier alpha value is -3.16. The Morgan fingerprint density at radius 3 is 1.63 bits per heavy atom. The number of unbranched alkanes of at least 4 members (excludes halogenated alkanes) is 2. The summed E-state index contributed by atoms with van der Waals surface area (Å²) in [5.74, 6) is 0.937. The minimum atomic E-state index is 0.108. The molecule has 0 bridgehead atoms. The second-order valence-corrected chi connectivity index (χ2v) is 9.62. The molecule has 0 aliphatic heterocycles. The van der Waals surface area contributed by atoms with Crippen molar-refractivity contribution >= 4 is 11.6 Å². The summed E-state index contributed by atoms with van der Waals surface area (Å²) in [5.41, 5.74) is 3.64. The van der Waals surface area contributed by atoms with Gasteiger partial charge in [0.15, 0.2) is 0 Å². The first-order valence-corrected chi connectivity index (χ1v) is 12.8. The van der Waals surface area contributed by atoms with Crippen LogP contribution >= 0.6 is 0 Å². The molecule has 0 amide bonds. The van der Waals surface area contributed by atoms with Gasteiger partial charge in [0.2, 0.25) is 0 Å². The molecule has 0 saturated carbocycles. The second-order valence-electron chi connectivity index (χ2n) is 9.62. The number of carbonyl (C=O) groups is 2. The number of nitrogens with zero attached hydrogens (tertiary/aromatic N) is 6. The third-order valence-corrected chi connectivity index (χ3v) is 6.48. The van der Waals surface area contributed by atoms with Crippen molar-refractivity contribution in [2.45, 2.75) is 85.7 Å². The van der Waals surface area contributed by atoms with Crippen molar-refractivity contribution in [3.8, 4) is 22.5 Å². The highest BCUT2D eigenvalue weighted by atomic mass is 16.1. The highest BCUT2D eigenvalue weighted by Gasteiger charge is 2.11. The van der Waals surface area contributed by atoms with Gasteiger partial charge in [0.1, 0.15) is 23.0 Å². The fourth-order valence-electron chi connectivity index (χ4n) is 3.80. The molecule has 0 spiro atoms. The number of carbonyl (C=O) groups excluding carboxylic acids is 2. The molecule has 2 heterocycles. The van der Waals surface area contributed by atoms with Crippen LogP contribution in [-0.2, 0) is 22.7 Å². The number of hydrogen-bond donors (Lipinski definition) is 0. The van der Waals surface area contributed by atoms with Crippen molar-refractivity contribution in [3.63, 3.8) is 0 Å². The third-order valence-electron chi connectivity index (χ3n) is 6.48. The first-order valence-electron chi connectivity index (χ1n) is 12.8. The van der Waals surface area contributed by atoms with Gasteiger partial charge in [-0.05, 0) is 32.1 Å². The van der Waals surface area contributed by atoms with E-state index in [1.165, 1.54) is 0 Å². The number of benzene rings is 1. The molecular formula is C27H38N6O2. The molecular weight excluding hydrogens is 440 g/mol. The molecule has 0 aliphatic rings. The highest BCUT2D eigenvalue weighted by molar-refractivity contribution is 5.80. The van der Waals surface area contributed by atoms with Gasteiger partial charge in [-0.3, -0.25) is 19.0 Å². The predicted molar refractivity (Wildman–Crippen MR) is 136 cm³/mol. The van der Waals surface area contributed by atoms with E-state index in [0.717, 1.165) is 67.7 Å². The maximum Gasteiger partial charge on any atom is 0.135 e. The zero-order chi connectivity index (χ0) is 25.2. The van der Waals surface area contributed by atoms with Crippen LogP contribution in [0.1, 0.15) is 72.6 Å². The molecule has 0 aliphatic carbocycles. The lowest BCUT2D eigenvalue weighted by Crippen LogP contribution is -2.09. The zero-order valence-corrected chi connectivity index (χ0v) is 21.5. The van der Waals surface area contributed by atoms with Crippen LogP contribution in [0.3, 0.4) is 0 Å². The topological polar surface area (TPSA) is 95.6 Å². The molecule has 0 fully saturated rings. The molecule has 188 valence electrons. The van der Waals surface area contributed by atoms with E-state index < -0.39 is 0 Å². The summed E-state index contributed by atoms with van der Waals surface area (Å²) in [5, 5.41) is 17.1. The van der Waals surface area contributed by atoms with Gasteiger partial charge in [-0.1, -0.05) is 62.4 Å². The first kappa shape index (κ1) is 26.4. The molecule has 0 saturated heterocycles. The summed E-state index contributed by atoms with van der Waals surface area (Å²) in [4.78, 5) is 23.7. The van der Waals surface area contributed by atoms with Gasteiger partial charge in [0.25, 0.3) is 0 Å². The standard InChI is InChI=1S/C27H38N6O2/c1-5-21(4)27(35)11-7-9-17-33-19-25(29-31-33)23-14-12-22(13-15-23)24-18-32(30-28-24)16-8-6-10-26(34)20(2)3/h12-15,18-21H,5-11,16-17H2,1-4H3. The summed E-state index contributed by atoms with van der Waals surface area (Å²) in [6.45, 7) is 9.45. The van der Waals surface area contributed by atoms with E-state index in [9.17, 15) is 9.59 Å². The average Bonchev–Trinajstić information content (AvgIpc) is 3.53. The van der Waals surface area contributed by atoms with Crippen molar-refractivity contribution in [2.75, 3.05) is 0 Å². The van der Waals surface area contributed by atoms with Crippen LogP contribution in [0.2, 0.25) is 0 Å². The molecule has 1 unspecified atom stereocenters. The van der Waals surface area contributed by atoms with Crippen molar-refractivity contribution < 1.29 is 9.59 Å². The molecule has 3 rings (SSSR count). The van der Waals surface area contributed by atoms with Gasteiger partial charge < -0.3 is 0 Å². The smallest absolute Gasteiger partial charge is 0.135 e. The number of ketones is 2.